The number of pyridine rings is 1. The van der Waals surface area contributed by atoms with Crippen molar-refractivity contribution < 1.29 is 14.4 Å². The number of carbonyl (C=O) groups excluding carboxylic acids is 3. The first-order valence-electron chi connectivity index (χ1n) is 38.1. The van der Waals surface area contributed by atoms with Crippen LogP contribution in [0, 0.1) is 81.8 Å². The highest BCUT2D eigenvalue weighted by Crippen LogP contribution is 2.42. The molecule has 93 heavy (non-hydrogen) atoms. The van der Waals surface area contributed by atoms with E-state index in [1.165, 1.54) is 140 Å². The first-order chi connectivity index (χ1) is 44.3. The average Bonchev–Trinajstić information content (AvgIpc) is 1.72. The molecule has 8 aliphatic heterocycles. The minimum absolute atomic E-state index is 0.00199. The second-order valence-electron chi connectivity index (χ2n) is 33.1. The van der Waals surface area contributed by atoms with Gasteiger partial charge in [0.25, 0.3) is 0 Å². The van der Waals surface area contributed by atoms with Crippen LogP contribution in [0.15, 0.2) is 54.9 Å². The summed E-state index contributed by atoms with van der Waals surface area (Å²) in [6.45, 7) is 42.5. The van der Waals surface area contributed by atoms with Gasteiger partial charge in [0.1, 0.15) is 6.42 Å². The van der Waals surface area contributed by atoms with Gasteiger partial charge in [0, 0.05) is 82.9 Å². The van der Waals surface area contributed by atoms with Gasteiger partial charge in [-0.3, -0.25) is 39.0 Å². The van der Waals surface area contributed by atoms with E-state index in [0.717, 1.165) is 144 Å². The van der Waals surface area contributed by atoms with Gasteiger partial charge in [-0.05, 0) is 256 Å². The minimum atomic E-state index is -0.00199. The first kappa shape index (κ1) is 78.1. The molecule has 1 aliphatic carbocycles. The van der Waals surface area contributed by atoms with E-state index in [0.29, 0.717) is 35.1 Å². The molecule has 3 amide bonds. The van der Waals surface area contributed by atoms with Gasteiger partial charge in [0.2, 0.25) is 17.7 Å². The van der Waals surface area contributed by atoms with Crippen LogP contribution in [0.25, 0.3) is 0 Å². The van der Waals surface area contributed by atoms with Crippen molar-refractivity contribution in [3.05, 3.63) is 66.0 Å². The molecular formula is C80H138N10O3. The lowest BCUT2D eigenvalue weighted by molar-refractivity contribution is -0.138. The highest BCUT2D eigenvalue weighted by atomic mass is 16.2. The molecule has 2 N–H and O–H groups in total. The van der Waals surface area contributed by atoms with Crippen molar-refractivity contribution in [1.29, 1.82) is 5.26 Å². The molecule has 0 radical (unpaired) electrons. The number of carbonyl (C=O) groups is 3. The summed E-state index contributed by atoms with van der Waals surface area (Å²) in [5, 5.41) is 8.44. The number of nitrogens with two attached hydrogens (primary N) is 1. The fraction of sp³-hybridized carbons (Fsp3) is 0.812. The van der Waals surface area contributed by atoms with Crippen LogP contribution < -0.4 is 5.73 Å². The van der Waals surface area contributed by atoms with Gasteiger partial charge in [-0.25, -0.2) is 0 Å². The number of aromatic nitrogens is 1. The molecule has 9 aliphatic rings. The smallest absolute Gasteiger partial charge is 0.239 e. The standard InChI is InChI=1S/C17H25N.C15H28N2O.C14H26N2O.C14H22N2.C11H18N2O.C9H19N/c1-13(2)15-10-16-8-9-17(11-15)18(16)12-14-6-4-3-5-7-14;1-15(2,3)12-7-10-17(11-8-12)14(18)13-6-5-9-16(13)4;1-11(2)12-6-9-16(10-7-12)14(17)13-5-4-8-15(13)3;1-12(2)14-5-8-16(9-6-14)11-13-4-3-7-15-10-13;1-9(2)10-4-3-7-13(8-10)11(14)5-6-12;1-7(2)8-3-5-9(10)6-4-8/h3-7,13,15-17H,8-12H2,1-2H3;12-13H,5-11H2,1-4H3;11-13H,4-10H2,1-3H3;3-4,7,10,12,14H,5-6,8-9,11H2,1-2H3;9-10H,3-5,7-8H2,1-2H3;7-9H,3-6,10H2,1-2H3/t15?,16-,17+;2*13-;;10-;/m.10.1./s1. The normalized spacial score (nSPS) is 27.1. The number of rotatable bonds is 12. The predicted octanol–water partition coefficient (Wildman–Crippen LogP) is 15.3. The number of benzene rings is 1. The highest BCUT2D eigenvalue weighted by Gasteiger charge is 2.42. The van der Waals surface area contributed by atoms with Crippen molar-refractivity contribution in [3.63, 3.8) is 0 Å². The van der Waals surface area contributed by atoms with Crippen molar-refractivity contribution >= 4 is 17.7 Å². The second kappa shape index (κ2) is 39.5. The number of nitrogens with zero attached hydrogens (tertiary/aromatic N) is 9. The van der Waals surface area contributed by atoms with E-state index in [1.807, 2.05) is 29.4 Å². The molecule has 11 rings (SSSR count). The second-order valence-corrected chi connectivity index (χ2v) is 33.1. The molecule has 9 heterocycles. The molecule has 8 saturated heterocycles. The molecule has 0 spiro atoms. The minimum Gasteiger partial charge on any atom is -0.342 e. The van der Waals surface area contributed by atoms with Crippen LogP contribution in [-0.2, 0) is 27.5 Å². The van der Waals surface area contributed by atoms with E-state index in [2.05, 4.69) is 175 Å². The number of nitriles is 1. The first-order valence-corrected chi connectivity index (χ1v) is 38.1. The third kappa shape index (κ3) is 25.5. The van der Waals surface area contributed by atoms with Crippen molar-refractivity contribution in [2.24, 2.45) is 76.2 Å². The van der Waals surface area contributed by atoms with Gasteiger partial charge in [-0.2, -0.15) is 5.26 Å². The van der Waals surface area contributed by atoms with Crippen LogP contribution >= 0.6 is 0 Å². The molecule has 2 aromatic rings. The van der Waals surface area contributed by atoms with E-state index in [9.17, 15) is 14.4 Å². The van der Waals surface area contributed by atoms with Crippen LogP contribution in [0.3, 0.4) is 0 Å². The number of amides is 3. The molecule has 526 valence electrons. The summed E-state index contributed by atoms with van der Waals surface area (Å²) in [6.07, 6.45) is 29.0. The van der Waals surface area contributed by atoms with Gasteiger partial charge in [0.05, 0.1) is 18.2 Å². The molecule has 1 unspecified atom stereocenters. The molecule has 13 nitrogen and oxygen atoms in total. The van der Waals surface area contributed by atoms with Crippen LogP contribution in [0.1, 0.15) is 236 Å². The lowest BCUT2D eigenvalue weighted by Gasteiger charge is -2.40. The Balaban J connectivity index is 0.000000179. The Morgan fingerprint density at radius 3 is 1.42 bits per heavy atom. The fourth-order valence-electron chi connectivity index (χ4n) is 16.8. The summed E-state index contributed by atoms with van der Waals surface area (Å²) in [7, 11) is 4.16. The van der Waals surface area contributed by atoms with Crippen LogP contribution in [-0.4, -0.2) is 167 Å². The molecule has 6 atom stereocenters. The van der Waals surface area contributed by atoms with Gasteiger partial charge in [-0.15, -0.1) is 0 Å². The molecule has 13 heteroatoms. The fourth-order valence-corrected chi connectivity index (χ4v) is 16.8. The van der Waals surface area contributed by atoms with Crippen molar-refractivity contribution in [2.75, 3.05) is 79.5 Å². The lowest BCUT2D eigenvalue weighted by Crippen LogP contribution is -2.48. The lowest BCUT2D eigenvalue weighted by atomic mass is 9.75. The number of likely N-dealkylation sites (N-methyl/N-ethyl adjacent to an activating group) is 2. The van der Waals surface area contributed by atoms with Gasteiger partial charge >= 0.3 is 0 Å². The van der Waals surface area contributed by atoms with Gasteiger partial charge < -0.3 is 20.4 Å². The number of fused-ring (bicyclic) bond motifs is 2. The third-order valence-corrected chi connectivity index (χ3v) is 24.0. The van der Waals surface area contributed by atoms with E-state index in [-0.39, 0.29) is 24.4 Å². The number of likely N-dealkylation sites (tertiary alicyclic amines) is 6. The quantitative estimate of drug-likeness (QED) is 0.219. The number of hydrogen-bond acceptors (Lipinski definition) is 10. The molecular weight excluding hydrogens is 1150 g/mol. The van der Waals surface area contributed by atoms with Crippen LogP contribution in [0.4, 0.5) is 0 Å². The van der Waals surface area contributed by atoms with Gasteiger partial charge in [-0.1, -0.05) is 126 Å². The Morgan fingerprint density at radius 1 is 0.516 bits per heavy atom. The van der Waals surface area contributed by atoms with Crippen molar-refractivity contribution in [3.8, 4) is 6.07 Å². The topological polar surface area (TPSA) is 137 Å². The monoisotopic (exact) mass is 1290 g/mol. The average molecular weight is 1290 g/mol. The summed E-state index contributed by atoms with van der Waals surface area (Å²) < 4.78 is 0. The number of hydrogen-bond donors (Lipinski definition) is 1. The zero-order valence-electron chi connectivity index (χ0n) is 62.1. The molecule has 2 bridgehead atoms. The Kier molecular flexibility index (Phi) is 33.1. The highest BCUT2D eigenvalue weighted by molar-refractivity contribution is 5.83. The molecule has 1 saturated carbocycles. The zero-order valence-corrected chi connectivity index (χ0v) is 62.1. The Labute approximate surface area is 569 Å². The maximum Gasteiger partial charge on any atom is 0.239 e. The maximum absolute atomic E-state index is 12.5. The molecule has 1 aromatic heterocycles. The van der Waals surface area contributed by atoms with Crippen molar-refractivity contribution in [2.45, 2.75) is 268 Å². The summed E-state index contributed by atoms with van der Waals surface area (Å²) in [4.78, 5) is 56.3. The summed E-state index contributed by atoms with van der Waals surface area (Å²) in [5.74, 6) is 9.80. The van der Waals surface area contributed by atoms with Crippen molar-refractivity contribution in [1.82, 2.24) is 39.3 Å². The molecule has 9 fully saturated rings. The summed E-state index contributed by atoms with van der Waals surface area (Å²) >= 11 is 0. The van der Waals surface area contributed by atoms with Crippen LogP contribution in [0.2, 0.25) is 0 Å². The largest absolute Gasteiger partial charge is 0.342 e. The number of piperidine rings is 5. The van der Waals surface area contributed by atoms with Gasteiger partial charge in [0.15, 0.2) is 0 Å². The third-order valence-electron chi connectivity index (χ3n) is 24.0. The molecule has 1 aromatic carbocycles. The maximum atomic E-state index is 12.5. The Morgan fingerprint density at radius 2 is 0.978 bits per heavy atom. The van der Waals surface area contributed by atoms with Crippen LogP contribution in [0.5, 0.6) is 0 Å². The predicted molar refractivity (Wildman–Crippen MR) is 387 cm³/mol. The summed E-state index contributed by atoms with van der Waals surface area (Å²) in [5.41, 5.74) is 9.01. The van der Waals surface area contributed by atoms with E-state index < -0.39 is 0 Å². The van der Waals surface area contributed by atoms with E-state index in [1.54, 1.807) is 0 Å². The Bertz CT molecular complexity index is 2430. The Hall–Kier alpha value is -3.93. The van der Waals surface area contributed by atoms with E-state index in [4.69, 9.17) is 11.0 Å². The zero-order chi connectivity index (χ0) is 67.8. The SMILES string of the molecule is CC(C)C1CCC(N)CC1.CC(C)C1CCN(C(=O)[C@@H]2CCCN2C)CC1.CC(C)C1CCN(Cc2cccnc2)CC1.CC(C)C1C[C@H]2CC[C@@H](C1)N2Cc1ccccc1.CC(C)[C@@H]1CCCN(C(=O)CC#N)C1.CN1CCC[C@@H]1C(=O)N1CCC(C(C)(C)C)CC1. The van der Waals surface area contributed by atoms with E-state index >= 15 is 0 Å². The summed E-state index contributed by atoms with van der Waals surface area (Å²) in [6, 6.07) is 19.7.